The van der Waals surface area contributed by atoms with Crippen molar-refractivity contribution < 1.29 is 9.13 Å². The molecule has 2 aromatic heterocycles. The number of nitrogens with one attached hydrogen (secondary N) is 1. The lowest BCUT2D eigenvalue weighted by Crippen LogP contribution is -2.34. The lowest BCUT2D eigenvalue weighted by Gasteiger charge is -2.23. The molecule has 0 radical (unpaired) electrons. The highest BCUT2D eigenvalue weighted by molar-refractivity contribution is 5.33. The first kappa shape index (κ1) is 14.9. The second-order valence-electron chi connectivity index (χ2n) is 5.41. The molecule has 0 unspecified atom stereocenters. The summed E-state index contributed by atoms with van der Waals surface area (Å²) < 4.78 is 23.1. The third-order valence-electron chi connectivity index (χ3n) is 3.74. The zero-order valence-corrected chi connectivity index (χ0v) is 12.8. The fourth-order valence-corrected chi connectivity index (χ4v) is 2.64. The van der Waals surface area contributed by atoms with Gasteiger partial charge in [-0.2, -0.15) is 5.10 Å². The van der Waals surface area contributed by atoms with Crippen molar-refractivity contribution >= 4 is 0 Å². The van der Waals surface area contributed by atoms with Crippen LogP contribution in [0.1, 0.15) is 17.8 Å². The van der Waals surface area contributed by atoms with Crippen LogP contribution in [-0.2, 0) is 11.3 Å². The predicted octanol–water partition coefficient (Wildman–Crippen LogP) is 0.707. The molecule has 3 heterocycles. The molecule has 24 heavy (non-hydrogen) atoms. The Labute approximate surface area is 137 Å². The average Bonchev–Trinajstić information content (AvgIpc) is 3.26. The van der Waals surface area contributed by atoms with Gasteiger partial charge in [0.15, 0.2) is 11.6 Å². The zero-order valence-electron chi connectivity index (χ0n) is 12.8. The first-order chi connectivity index (χ1) is 11.8. The molecule has 4 rings (SSSR count). The molecule has 1 atom stereocenters. The highest BCUT2D eigenvalue weighted by Crippen LogP contribution is 2.22. The van der Waals surface area contributed by atoms with Crippen molar-refractivity contribution in [1.82, 2.24) is 34.8 Å². The van der Waals surface area contributed by atoms with Gasteiger partial charge in [0.2, 0.25) is 0 Å². The Hall–Kier alpha value is -2.65. The molecule has 0 amide bonds. The number of aromatic nitrogens is 6. The van der Waals surface area contributed by atoms with E-state index in [4.69, 9.17) is 4.74 Å². The van der Waals surface area contributed by atoms with Gasteiger partial charge in [0.1, 0.15) is 36.8 Å². The number of hydrogen-bond acceptors (Lipinski definition) is 6. The summed E-state index contributed by atoms with van der Waals surface area (Å²) in [6.45, 7) is 2.33. The molecule has 0 spiro atoms. The second kappa shape index (κ2) is 6.46. The lowest BCUT2D eigenvalue weighted by atomic mass is 10.2. The molecule has 0 saturated carbocycles. The lowest BCUT2D eigenvalue weighted by molar-refractivity contribution is 0.0207. The standard InChI is InChI=1S/C15H16FN7O/c16-11-3-1-2-4-12(11)23-15(13-7-17-5-6-24-13)20-14(21-23)8-22-10-18-9-19-22/h1-4,9-10,13,17H,5-8H2/t13-/m1/s1. The Balaban J connectivity index is 1.74. The zero-order chi connectivity index (χ0) is 16.4. The molecule has 1 aliphatic rings. The molecular weight excluding hydrogens is 313 g/mol. The molecule has 1 aromatic carbocycles. The normalized spacial score (nSPS) is 18.0. The van der Waals surface area contributed by atoms with E-state index >= 15 is 0 Å². The summed E-state index contributed by atoms with van der Waals surface area (Å²) in [5.41, 5.74) is 0.346. The van der Waals surface area contributed by atoms with E-state index in [-0.39, 0.29) is 11.9 Å². The third kappa shape index (κ3) is 2.91. The number of para-hydroxylation sites is 1. The minimum Gasteiger partial charge on any atom is -0.368 e. The number of ether oxygens (including phenoxy) is 1. The van der Waals surface area contributed by atoms with Crippen molar-refractivity contribution in [3.05, 3.63) is 54.4 Å². The number of nitrogens with zero attached hydrogens (tertiary/aromatic N) is 6. The molecule has 0 aliphatic carbocycles. The van der Waals surface area contributed by atoms with Crippen molar-refractivity contribution in [3.63, 3.8) is 0 Å². The van der Waals surface area contributed by atoms with Crippen LogP contribution in [0.2, 0.25) is 0 Å². The molecule has 1 aliphatic heterocycles. The summed E-state index contributed by atoms with van der Waals surface area (Å²) >= 11 is 0. The molecule has 0 bridgehead atoms. The fraction of sp³-hybridized carbons (Fsp3) is 0.333. The minimum atomic E-state index is -0.361. The molecule has 1 saturated heterocycles. The van der Waals surface area contributed by atoms with Crippen LogP contribution in [0.25, 0.3) is 5.69 Å². The Morgan fingerprint density at radius 3 is 3.00 bits per heavy atom. The quantitative estimate of drug-likeness (QED) is 0.759. The van der Waals surface area contributed by atoms with E-state index in [0.717, 1.165) is 6.54 Å². The minimum absolute atomic E-state index is 0.282. The summed E-state index contributed by atoms with van der Waals surface area (Å²) in [6, 6.07) is 6.48. The van der Waals surface area contributed by atoms with Crippen molar-refractivity contribution in [2.75, 3.05) is 19.7 Å². The van der Waals surface area contributed by atoms with Crippen LogP contribution in [0.3, 0.4) is 0 Å². The van der Waals surface area contributed by atoms with E-state index < -0.39 is 0 Å². The Morgan fingerprint density at radius 1 is 1.33 bits per heavy atom. The van der Waals surface area contributed by atoms with E-state index in [1.54, 1.807) is 29.2 Å². The number of morpholine rings is 1. The first-order valence-corrected chi connectivity index (χ1v) is 7.67. The highest BCUT2D eigenvalue weighted by Gasteiger charge is 2.25. The van der Waals surface area contributed by atoms with Gasteiger partial charge in [-0.05, 0) is 12.1 Å². The van der Waals surface area contributed by atoms with Gasteiger partial charge < -0.3 is 10.1 Å². The number of benzene rings is 1. The van der Waals surface area contributed by atoms with Crippen molar-refractivity contribution in [3.8, 4) is 5.69 Å². The summed E-state index contributed by atoms with van der Waals surface area (Å²) in [4.78, 5) is 8.46. The van der Waals surface area contributed by atoms with Gasteiger partial charge in [-0.3, -0.25) is 0 Å². The SMILES string of the molecule is Fc1ccccc1-n1nc(Cn2cncn2)nc1[C@H]1CNCCO1. The maximum absolute atomic E-state index is 14.2. The van der Waals surface area contributed by atoms with Gasteiger partial charge in [-0.25, -0.2) is 23.7 Å². The number of hydrogen-bond donors (Lipinski definition) is 1. The van der Waals surface area contributed by atoms with Crippen molar-refractivity contribution in [2.24, 2.45) is 0 Å². The van der Waals surface area contributed by atoms with Gasteiger partial charge >= 0.3 is 0 Å². The summed E-state index contributed by atoms with van der Waals surface area (Å²) in [6.07, 6.45) is 2.75. The highest BCUT2D eigenvalue weighted by atomic mass is 19.1. The molecule has 1 fully saturated rings. The van der Waals surface area contributed by atoms with Crippen LogP contribution >= 0.6 is 0 Å². The molecule has 8 nitrogen and oxygen atoms in total. The van der Waals surface area contributed by atoms with E-state index in [1.807, 2.05) is 0 Å². The smallest absolute Gasteiger partial charge is 0.172 e. The maximum atomic E-state index is 14.2. The van der Waals surface area contributed by atoms with Gasteiger partial charge in [0.25, 0.3) is 0 Å². The van der Waals surface area contributed by atoms with Crippen molar-refractivity contribution in [1.29, 1.82) is 0 Å². The molecule has 1 N–H and O–H groups in total. The van der Waals surface area contributed by atoms with Gasteiger partial charge in [-0.1, -0.05) is 12.1 Å². The Morgan fingerprint density at radius 2 is 2.25 bits per heavy atom. The molecular formula is C15H16FN7O. The number of rotatable bonds is 4. The Bertz CT molecular complexity index is 811. The van der Waals surface area contributed by atoms with Gasteiger partial charge in [0.05, 0.1) is 6.61 Å². The fourth-order valence-electron chi connectivity index (χ4n) is 2.64. The first-order valence-electron chi connectivity index (χ1n) is 7.67. The summed E-state index contributed by atoms with van der Waals surface area (Å²) in [5, 5.41) is 11.8. The van der Waals surface area contributed by atoms with Gasteiger partial charge in [0, 0.05) is 13.1 Å². The van der Waals surface area contributed by atoms with Crippen LogP contribution in [0.5, 0.6) is 0 Å². The largest absolute Gasteiger partial charge is 0.368 e. The average molecular weight is 329 g/mol. The van der Waals surface area contributed by atoms with Gasteiger partial charge in [-0.15, -0.1) is 5.10 Å². The van der Waals surface area contributed by atoms with Crippen LogP contribution in [0, 0.1) is 5.82 Å². The third-order valence-corrected chi connectivity index (χ3v) is 3.74. The van der Waals surface area contributed by atoms with E-state index in [0.29, 0.717) is 37.0 Å². The van der Waals surface area contributed by atoms with E-state index in [9.17, 15) is 4.39 Å². The molecule has 9 heteroatoms. The summed E-state index contributed by atoms with van der Waals surface area (Å²) in [7, 11) is 0. The monoisotopic (exact) mass is 329 g/mol. The topological polar surface area (TPSA) is 82.7 Å². The predicted molar refractivity (Wildman–Crippen MR) is 82.0 cm³/mol. The second-order valence-corrected chi connectivity index (χ2v) is 5.41. The van der Waals surface area contributed by atoms with Crippen LogP contribution in [0.4, 0.5) is 4.39 Å². The molecule has 124 valence electrons. The van der Waals surface area contributed by atoms with Crippen LogP contribution in [-0.4, -0.2) is 49.2 Å². The number of halogens is 1. The van der Waals surface area contributed by atoms with Crippen LogP contribution < -0.4 is 5.32 Å². The van der Waals surface area contributed by atoms with Crippen molar-refractivity contribution in [2.45, 2.75) is 12.6 Å². The van der Waals surface area contributed by atoms with E-state index in [1.165, 1.54) is 17.1 Å². The maximum Gasteiger partial charge on any atom is 0.172 e. The summed E-state index contributed by atoms with van der Waals surface area (Å²) in [5.74, 6) is 0.732. The van der Waals surface area contributed by atoms with Crippen LogP contribution in [0.15, 0.2) is 36.9 Å². The molecule has 3 aromatic rings. The Kier molecular flexibility index (Phi) is 4.01. The van der Waals surface area contributed by atoms with E-state index in [2.05, 4.69) is 25.5 Å².